The molecule has 1 heteroatoms. The number of aromatic nitrogens is 1. The summed E-state index contributed by atoms with van der Waals surface area (Å²) in [7, 11) is 0. The van der Waals surface area contributed by atoms with Gasteiger partial charge in [0.2, 0.25) is 0 Å². The van der Waals surface area contributed by atoms with Crippen molar-refractivity contribution in [1.82, 2.24) is 4.98 Å². The Hall–Kier alpha value is -4.36. The first-order valence-corrected chi connectivity index (χ1v) is 11.4. The first-order valence-electron chi connectivity index (χ1n) is 11.4. The van der Waals surface area contributed by atoms with Crippen molar-refractivity contribution in [1.29, 1.82) is 0 Å². The number of H-pyrrole nitrogens is 1. The van der Waals surface area contributed by atoms with Crippen molar-refractivity contribution in [3.8, 4) is 22.3 Å². The van der Waals surface area contributed by atoms with Gasteiger partial charge in [-0.05, 0) is 74.1 Å². The highest BCUT2D eigenvalue weighted by molar-refractivity contribution is 6.20. The van der Waals surface area contributed by atoms with Gasteiger partial charge in [0, 0.05) is 21.8 Å². The average molecular weight is 420 g/mol. The summed E-state index contributed by atoms with van der Waals surface area (Å²) >= 11 is 0. The van der Waals surface area contributed by atoms with Gasteiger partial charge in [0.1, 0.15) is 0 Å². The van der Waals surface area contributed by atoms with Gasteiger partial charge < -0.3 is 4.98 Å². The lowest BCUT2D eigenvalue weighted by molar-refractivity contribution is 1.55. The summed E-state index contributed by atoms with van der Waals surface area (Å²) in [6.45, 7) is 0. The molecule has 0 fully saturated rings. The van der Waals surface area contributed by atoms with Crippen molar-refractivity contribution < 1.29 is 0 Å². The van der Waals surface area contributed by atoms with Crippen molar-refractivity contribution in [2.45, 2.75) is 0 Å². The lowest BCUT2D eigenvalue weighted by Crippen LogP contribution is -1.83. The molecule has 0 aliphatic carbocycles. The number of fused-ring (bicyclic) bond motifs is 6. The van der Waals surface area contributed by atoms with Crippen molar-refractivity contribution in [2.75, 3.05) is 0 Å². The number of hydrogen-bond acceptors (Lipinski definition) is 0. The number of nitrogens with one attached hydrogen (secondary N) is 1. The smallest absolute Gasteiger partial charge is 0.0471 e. The Balaban J connectivity index is 1.34. The van der Waals surface area contributed by atoms with E-state index in [0.717, 1.165) is 0 Å². The normalized spacial score (nSPS) is 11.6. The van der Waals surface area contributed by atoms with Crippen LogP contribution in [0.1, 0.15) is 0 Å². The molecule has 1 aromatic heterocycles. The Kier molecular flexibility index (Phi) is 3.91. The second-order valence-electron chi connectivity index (χ2n) is 8.74. The Morgan fingerprint density at radius 1 is 0.364 bits per heavy atom. The molecule has 0 saturated heterocycles. The molecule has 0 spiro atoms. The van der Waals surface area contributed by atoms with Crippen LogP contribution in [0.3, 0.4) is 0 Å². The molecule has 7 aromatic rings. The molecular weight excluding hydrogens is 398 g/mol. The molecule has 0 unspecified atom stereocenters. The van der Waals surface area contributed by atoms with Crippen LogP contribution in [-0.4, -0.2) is 4.98 Å². The van der Waals surface area contributed by atoms with Crippen molar-refractivity contribution in [3.63, 3.8) is 0 Å². The fourth-order valence-electron chi connectivity index (χ4n) is 5.09. The Labute approximate surface area is 191 Å². The molecule has 1 heterocycles. The van der Waals surface area contributed by atoms with Gasteiger partial charge >= 0.3 is 0 Å². The van der Waals surface area contributed by atoms with E-state index in [-0.39, 0.29) is 0 Å². The van der Waals surface area contributed by atoms with Crippen molar-refractivity contribution in [2.24, 2.45) is 0 Å². The standard InChI is InChI=1S/C32H21N/c1-2-6-21(7-3-1)22-10-11-24-19-25(13-12-23(24)18-22)26-14-16-28-27(20-26)15-17-31-32(28)29-8-4-5-9-30(29)33-31/h1-20,33H. The molecule has 1 nitrogen and oxygen atoms in total. The molecule has 0 amide bonds. The third kappa shape index (κ3) is 2.94. The molecule has 7 rings (SSSR count). The highest BCUT2D eigenvalue weighted by Crippen LogP contribution is 2.35. The molecule has 0 radical (unpaired) electrons. The second-order valence-corrected chi connectivity index (χ2v) is 8.74. The van der Waals surface area contributed by atoms with Gasteiger partial charge in [-0.15, -0.1) is 0 Å². The van der Waals surface area contributed by atoms with Crippen LogP contribution in [0.4, 0.5) is 0 Å². The molecule has 154 valence electrons. The summed E-state index contributed by atoms with van der Waals surface area (Å²) in [6.07, 6.45) is 0. The first kappa shape index (κ1) is 18.2. The van der Waals surface area contributed by atoms with E-state index >= 15 is 0 Å². The van der Waals surface area contributed by atoms with Crippen LogP contribution in [0, 0.1) is 0 Å². The minimum absolute atomic E-state index is 1.19. The Morgan fingerprint density at radius 2 is 0.970 bits per heavy atom. The van der Waals surface area contributed by atoms with Crippen LogP contribution in [0.5, 0.6) is 0 Å². The summed E-state index contributed by atoms with van der Waals surface area (Å²) in [5.74, 6) is 0. The van der Waals surface area contributed by atoms with Crippen LogP contribution in [-0.2, 0) is 0 Å². The van der Waals surface area contributed by atoms with Crippen LogP contribution >= 0.6 is 0 Å². The van der Waals surface area contributed by atoms with Crippen LogP contribution in [0.2, 0.25) is 0 Å². The van der Waals surface area contributed by atoms with E-state index in [1.54, 1.807) is 0 Å². The topological polar surface area (TPSA) is 15.8 Å². The quantitative estimate of drug-likeness (QED) is 0.288. The van der Waals surface area contributed by atoms with Gasteiger partial charge in [-0.25, -0.2) is 0 Å². The molecule has 0 bridgehead atoms. The van der Waals surface area contributed by atoms with Crippen LogP contribution in [0.15, 0.2) is 121 Å². The molecule has 0 aliphatic rings. The molecule has 6 aromatic carbocycles. The van der Waals surface area contributed by atoms with Gasteiger partial charge in [-0.3, -0.25) is 0 Å². The zero-order valence-electron chi connectivity index (χ0n) is 18.0. The van der Waals surface area contributed by atoms with E-state index in [1.165, 1.54) is 65.6 Å². The van der Waals surface area contributed by atoms with Gasteiger partial charge in [0.15, 0.2) is 0 Å². The van der Waals surface area contributed by atoms with Gasteiger partial charge in [-0.2, -0.15) is 0 Å². The second kappa shape index (κ2) is 7.08. The fourth-order valence-corrected chi connectivity index (χ4v) is 5.09. The molecule has 0 aliphatic heterocycles. The highest BCUT2D eigenvalue weighted by Gasteiger charge is 2.09. The van der Waals surface area contributed by atoms with E-state index < -0.39 is 0 Å². The summed E-state index contributed by atoms with van der Waals surface area (Å²) < 4.78 is 0. The molecule has 0 atom stereocenters. The largest absolute Gasteiger partial charge is 0.354 e. The highest BCUT2D eigenvalue weighted by atomic mass is 14.7. The maximum Gasteiger partial charge on any atom is 0.0471 e. The number of rotatable bonds is 2. The summed E-state index contributed by atoms with van der Waals surface area (Å²) in [5.41, 5.74) is 7.38. The van der Waals surface area contributed by atoms with Crippen molar-refractivity contribution >= 4 is 43.4 Å². The van der Waals surface area contributed by atoms with Crippen molar-refractivity contribution in [3.05, 3.63) is 121 Å². The van der Waals surface area contributed by atoms with E-state index in [1.807, 2.05) is 0 Å². The minimum Gasteiger partial charge on any atom is -0.354 e. The zero-order chi connectivity index (χ0) is 21.8. The lowest BCUT2D eigenvalue weighted by Gasteiger charge is -2.09. The molecule has 1 N–H and O–H groups in total. The van der Waals surface area contributed by atoms with Crippen LogP contribution < -0.4 is 0 Å². The number of para-hydroxylation sites is 1. The number of benzene rings is 6. The number of aromatic amines is 1. The SMILES string of the molecule is c1ccc(-c2ccc3cc(-c4ccc5c(ccc6[nH]c7ccccc7c65)c4)ccc3c2)cc1. The van der Waals surface area contributed by atoms with Gasteiger partial charge in [0.25, 0.3) is 0 Å². The lowest BCUT2D eigenvalue weighted by atomic mass is 9.95. The van der Waals surface area contributed by atoms with E-state index in [9.17, 15) is 0 Å². The maximum absolute atomic E-state index is 3.55. The Bertz CT molecular complexity index is 1810. The van der Waals surface area contributed by atoms with Gasteiger partial charge in [-0.1, -0.05) is 91.0 Å². The minimum atomic E-state index is 1.19. The average Bonchev–Trinajstić information content (AvgIpc) is 3.27. The van der Waals surface area contributed by atoms with E-state index in [2.05, 4.69) is 126 Å². The summed E-state index contributed by atoms with van der Waals surface area (Å²) in [4.78, 5) is 3.55. The molecule has 0 saturated carbocycles. The third-order valence-corrected chi connectivity index (χ3v) is 6.77. The van der Waals surface area contributed by atoms with Gasteiger partial charge in [0.05, 0.1) is 0 Å². The predicted molar refractivity (Wildman–Crippen MR) is 142 cm³/mol. The maximum atomic E-state index is 3.55. The third-order valence-electron chi connectivity index (χ3n) is 6.77. The summed E-state index contributed by atoms with van der Waals surface area (Å²) in [5, 5.41) is 7.68. The fraction of sp³-hybridized carbons (Fsp3) is 0. The first-order chi connectivity index (χ1) is 16.3. The zero-order valence-corrected chi connectivity index (χ0v) is 18.0. The van der Waals surface area contributed by atoms with Crippen LogP contribution in [0.25, 0.3) is 65.6 Å². The summed E-state index contributed by atoms with van der Waals surface area (Å²) in [6, 6.07) is 43.9. The number of hydrogen-bond donors (Lipinski definition) is 1. The molecule has 33 heavy (non-hydrogen) atoms. The monoisotopic (exact) mass is 419 g/mol. The van der Waals surface area contributed by atoms with E-state index in [4.69, 9.17) is 0 Å². The predicted octanol–water partition coefficient (Wildman–Crippen LogP) is 8.96. The molecular formula is C32H21N. The Morgan fingerprint density at radius 3 is 1.76 bits per heavy atom. The van der Waals surface area contributed by atoms with E-state index in [0.29, 0.717) is 0 Å².